The second-order valence-electron chi connectivity index (χ2n) is 7.31. The average Bonchev–Trinajstić information content (AvgIpc) is 3.19. The first kappa shape index (κ1) is 23.4. The third-order valence-corrected chi connectivity index (χ3v) is 5.71. The van der Waals surface area contributed by atoms with Crippen LogP contribution in [0, 0.1) is 5.92 Å². The van der Waals surface area contributed by atoms with Gasteiger partial charge in [-0.1, -0.05) is 29.8 Å². The SMILES string of the molecule is COC(=O)CC(NC(=O)C1CC(=O)N(c2ccc(OC)cc2OC)C1)c1ccccc1Cl. The van der Waals surface area contributed by atoms with Gasteiger partial charge in [-0.3, -0.25) is 14.4 Å². The molecule has 2 aromatic rings. The Balaban J connectivity index is 1.78. The third kappa shape index (κ3) is 5.13. The summed E-state index contributed by atoms with van der Waals surface area (Å²) >= 11 is 6.28. The van der Waals surface area contributed by atoms with Gasteiger partial charge in [0.05, 0.1) is 45.4 Å². The minimum absolute atomic E-state index is 0.0362. The summed E-state index contributed by atoms with van der Waals surface area (Å²) in [6.07, 6.45) is -0.0445. The average molecular weight is 461 g/mol. The fraction of sp³-hybridized carbons (Fsp3) is 0.348. The number of hydrogen-bond donors (Lipinski definition) is 1. The van der Waals surface area contributed by atoms with Crippen LogP contribution in [0.1, 0.15) is 24.4 Å². The van der Waals surface area contributed by atoms with E-state index in [0.717, 1.165) is 0 Å². The van der Waals surface area contributed by atoms with Crippen LogP contribution in [0.2, 0.25) is 5.02 Å². The van der Waals surface area contributed by atoms with Crippen molar-refractivity contribution >= 4 is 35.1 Å². The van der Waals surface area contributed by atoms with E-state index in [-0.39, 0.29) is 31.2 Å². The number of hydrogen-bond acceptors (Lipinski definition) is 6. The molecule has 2 aromatic carbocycles. The number of esters is 1. The van der Waals surface area contributed by atoms with Gasteiger partial charge in [-0.15, -0.1) is 0 Å². The van der Waals surface area contributed by atoms with Gasteiger partial charge in [0, 0.05) is 24.1 Å². The number of nitrogens with one attached hydrogen (secondary N) is 1. The van der Waals surface area contributed by atoms with E-state index in [9.17, 15) is 14.4 Å². The fourth-order valence-electron chi connectivity index (χ4n) is 3.66. The molecule has 0 aromatic heterocycles. The van der Waals surface area contributed by atoms with Crippen LogP contribution in [0.25, 0.3) is 0 Å². The molecule has 1 heterocycles. The fourth-order valence-corrected chi connectivity index (χ4v) is 3.93. The Bertz CT molecular complexity index is 1010. The number of amides is 2. The molecule has 2 amide bonds. The van der Waals surface area contributed by atoms with Crippen LogP contribution < -0.4 is 19.7 Å². The van der Waals surface area contributed by atoms with E-state index >= 15 is 0 Å². The second kappa shape index (κ2) is 10.4. The Labute approximate surface area is 191 Å². The molecule has 2 unspecified atom stereocenters. The van der Waals surface area contributed by atoms with Gasteiger partial charge in [-0.25, -0.2) is 0 Å². The predicted molar refractivity (Wildman–Crippen MR) is 119 cm³/mol. The summed E-state index contributed by atoms with van der Waals surface area (Å²) < 4.78 is 15.4. The Morgan fingerprint density at radius 1 is 1.16 bits per heavy atom. The lowest BCUT2D eigenvalue weighted by Crippen LogP contribution is -2.36. The Hall–Kier alpha value is -3.26. The molecule has 170 valence electrons. The van der Waals surface area contributed by atoms with Crippen molar-refractivity contribution in [1.29, 1.82) is 0 Å². The standard InChI is InChI=1S/C23H25ClN2O6/c1-30-15-8-9-19(20(11-15)31-2)26-13-14(10-21(26)27)23(29)25-18(12-22(28)32-3)16-6-4-5-7-17(16)24/h4-9,11,14,18H,10,12-13H2,1-3H3,(H,25,29). The van der Waals surface area contributed by atoms with E-state index in [1.54, 1.807) is 49.6 Å². The molecule has 0 saturated carbocycles. The summed E-state index contributed by atoms with van der Waals surface area (Å²) in [5.41, 5.74) is 1.16. The van der Waals surface area contributed by atoms with Crippen molar-refractivity contribution in [2.24, 2.45) is 5.92 Å². The summed E-state index contributed by atoms with van der Waals surface area (Å²) in [6.45, 7) is 0.181. The van der Waals surface area contributed by atoms with Crippen LogP contribution in [-0.2, 0) is 19.1 Å². The maximum Gasteiger partial charge on any atom is 0.307 e. The number of carbonyl (C=O) groups is 3. The van der Waals surface area contributed by atoms with Crippen LogP contribution in [0.15, 0.2) is 42.5 Å². The highest BCUT2D eigenvalue weighted by Crippen LogP contribution is 2.36. The molecule has 1 aliphatic rings. The number of benzene rings is 2. The molecular formula is C23H25ClN2O6. The summed E-state index contributed by atoms with van der Waals surface area (Å²) in [5, 5.41) is 3.29. The Kier molecular flexibility index (Phi) is 7.58. The summed E-state index contributed by atoms with van der Waals surface area (Å²) in [5.74, 6) is -0.562. The van der Waals surface area contributed by atoms with Gasteiger partial charge < -0.3 is 24.4 Å². The van der Waals surface area contributed by atoms with Crippen molar-refractivity contribution in [3.63, 3.8) is 0 Å². The second-order valence-corrected chi connectivity index (χ2v) is 7.71. The summed E-state index contributed by atoms with van der Waals surface area (Å²) in [7, 11) is 4.33. The zero-order chi connectivity index (χ0) is 23.3. The first-order chi connectivity index (χ1) is 15.4. The number of halogens is 1. The van der Waals surface area contributed by atoms with Gasteiger partial charge >= 0.3 is 5.97 Å². The lowest BCUT2D eigenvalue weighted by Gasteiger charge is -2.22. The molecule has 0 spiro atoms. The van der Waals surface area contributed by atoms with Crippen LogP contribution in [0.5, 0.6) is 11.5 Å². The van der Waals surface area contributed by atoms with E-state index in [0.29, 0.717) is 27.8 Å². The number of methoxy groups -OCH3 is 3. The van der Waals surface area contributed by atoms with Crippen molar-refractivity contribution in [2.75, 3.05) is 32.8 Å². The normalized spacial score (nSPS) is 16.4. The van der Waals surface area contributed by atoms with Crippen LogP contribution in [0.4, 0.5) is 5.69 Å². The molecule has 1 aliphatic heterocycles. The minimum Gasteiger partial charge on any atom is -0.497 e. The molecule has 0 radical (unpaired) electrons. The van der Waals surface area contributed by atoms with Gasteiger partial charge in [0.1, 0.15) is 11.5 Å². The van der Waals surface area contributed by atoms with E-state index in [4.69, 9.17) is 25.8 Å². The Morgan fingerprint density at radius 3 is 2.56 bits per heavy atom. The predicted octanol–water partition coefficient (Wildman–Crippen LogP) is 3.13. The van der Waals surface area contributed by atoms with Gasteiger partial charge in [0.15, 0.2) is 0 Å². The highest BCUT2D eigenvalue weighted by molar-refractivity contribution is 6.31. The third-order valence-electron chi connectivity index (χ3n) is 5.37. The Morgan fingerprint density at radius 2 is 1.91 bits per heavy atom. The molecule has 0 aliphatic carbocycles. The first-order valence-electron chi connectivity index (χ1n) is 10.0. The van der Waals surface area contributed by atoms with Crippen molar-refractivity contribution in [2.45, 2.75) is 18.9 Å². The molecule has 9 heteroatoms. The maximum absolute atomic E-state index is 13.1. The van der Waals surface area contributed by atoms with Crippen molar-refractivity contribution in [1.82, 2.24) is 5.32 Å². The molecule has 2 atom stereocenters. The number of rotatable bonds is 8. The van der Waals surface area contributed by atoms with E-state index in [2.05, 4.69) is 5.32 Å². The molecule has 1 saturated heterocycles. The molecule has 1 N–H and O–H groups in total. The molecule has 1 fully saturated rings. The largest absolute Gasteiger partial charge is 0.497 e. The number of carbonyl (C=O) groups excluding carboxylic acids is 3. The van der Waals surface area contributed by atoms with Gasteiger partial charge in [0.25, 0.3) is 0 Å². The maximum atomic E-state index is 13.1. The quantitative estimate of drug-likeness (QED) is 0.608. The number of ether oxygens (including phenoxy) is 3. The molecule has 3 rings (SSSR count). The molecule has 8 nitrogen and oxygen atoms in total. The van der Waals surface area contributed by atoms with E-state index < -0.39 is 17.9 Å². The van der Waals surface area contributed by atoms with Gasteiger partial charge in [-0.05, 0) is 23.8 Å². The van der Waals surface area contributed by atoms with Crippen molar-refractivity contribution < 1.29 is 28.6 Å². The molecular weight excluding hydrogens is 436 g/mol. The number of nitrogens with zero attached hydrogens (tertiary/aromatic N) is 1. The lowest BCUT2D eigenvalue weighted by atomic mass is 10.0. The lowest BCUT2D eigenvalue weighted by molar-refractivity contribution is -0.141. The molecule has 32 heavy (non-hydrogen) atoms. The number of anilines is 1. The minimum atomic E-state index is -0.677. The summed E-state index contributed by atoms with van der Waals surface area (Å²) in [6, 6.07) is 11.4. The van der Waals surface area contributed by atoms with Crippen LogP contribution in [-0.4, -0.2) is 45.7 Å². The van der Waals surface area contributed by atoms with Crippen molar-refractivity contribution in [3.05, 3.63) is 53.1 Å². The van der Waals surface area contributed by atoms with E-state index in [1.807, 2.05) is 0 Å². The van der Waals surface area contributed by atoms with Crippen molar-refractivity contribution in [3.8, 4) is 11.5 Å². The van der Waals surface area contributed by atoms with Gasteiger partial charge in [-0.2, -0.15) is 0 Å². The smallest absolute Gasteiger partial charge is 0.307 e. The first-order valence-corrected chi connectivity index (χ1v) is 10.4. The highest BCUT2D eigenvalue weighted by Gasteiger charge is 2.37. The summed E-state index contributed by atoms with van der Waals surface area (Å²) in [4.78, 5) is 39.2. The van der Waals surface area contributed by atoms with Crippen LogP contribution >= 0.6 is 11.6 Å². The van der Waals surface area contributed by atoms with E-state index in [1.165, 1.54) is 19.1 Å². The monoisotopic (exact) mass is 460 g/mol. The highest BCUT2D eigenvalue weighted by atomic mass is 35.5. The van der Waals surface area contributed by atoms with Crippen LogP contribution in [0.3, 0.4) is 0 Å². The molecule has 0 bridgehead atoms. The van der Waals surface area contributed by atoms with Gasteiger partial charge in [0.2, 0.25) is 11.8 Å². The zero-order valence-corrected chi connectivity index (χ0v) is 18.8. The zero-order valence-electron chi connectivity index (χ0n) is 18.1. The topological polar surface area (TPSA) is 94.2 Å².